The van der Waals surface area contributed by atoms with E-state index in [4.69, 9.17) is 30.5 Å². The first-order chi connectivity index (χ1) is 21.7. The molecule has 1 atom stereocenters. The minimum absolute atomic E-state index is 0.124. The van der Waals surface area contributed by atoms with E-state index in [1.807, 2.05) is 30.3 Å². The molecule has 0 amide bonds. The van der Waals surface area contributed by atoms with Crippen molar-refractivity contribution in [2.75, 3.05) is 13.7 Å². The molecular weight excluding hydrogens is 636 g/mol. The summed E-state index contributed by atoms with van der Waals surface area (Å²) in [6.07, 6.45) is 1.61. The number of rotatable bonds is 8. The molecule has 10 nitrogen and oxygen atoms in total. The maximum atomic E-state index is 14.2. The van der Waals surface area contributed by atoms with Crippen LogP contribution in [0.3, 0.4) is 0 Å². The van der Waals surface area contributed by atoms with E-state index in [0.29, 0.717) is 58.6 Å². The fourth-order valence-corrected chi connectivity index (χ4v) is 6.91. The third kappa shape index (κ3) is 6.17. The number of hydrogen-bond donors (Lipinski definition) is 1. The number of ether oxygens (including phenoxy) is 2. The van der Waals surface area contributed by atoms with Gasteiger partial charge in [-0.1, -0.05) is 53.3 Å². The van der Waals surface area contributed by atoms with E-state index < -0.39 is 17.6 Å². The zero-order chi connectivity index (χ0) is 31.7. The number of halogens is 1. The standard InChI is InChI=1S/C32H25ClN4O6S2/c1-4-42-30(40)26-27(18-8-6-5-7-9-18)36-32-37(28(26)21-15-19(33)10-12-22(21)41-3)29(39)23(44-32)16-20-11-13-25(43-20)45-31-34-17(2)14-24(38)35-31/h5-16,28H,4H2,1-3H3,(H,34,35,38)/b23-16-/t28-/m0/s1. The first kappa shape index (κ1) is 30.4. The van der Waals surface area contributed by atoms with E-state index in [9.17, 15) is 14.4 Å². The van der Waals surface area contributed by atoms with Crippen LogP contribution >= 0.6 is 34.7 Å². The van der Waals surface area contributed by atoms with Crippen LogP contribution in [-0.4, -0.2) is 34.2 Å². The zero-order valence-corrected chi connectivity index (χ0v) is 26.6. The molecule has 0 radical (unpaired) electrons. The molecule has 0 spiro atoms. The van der Waals surface area contributed by atoms with Gasteiger partial charge in [0, 0.05) is 34.0 Å². The van der Waals surface area contributed by atoms with E-state index in [2.05, 4.69) is 9.97 Å². The summed E-state index contributed by atoms with van der Waals surface area (Å²) in [5.74, 6) is 0.227. The number of carbonyl (C=O) groups is 1. The molecule has 0 saturated heterocycles. The van der Waals surface area contributed by atoms with Crippen molar-refractivity contribution in [1.29, 1.82) is 0 Å². The number of nitrogens with zero attached hydrogens (tertiary/aromatic N) is 3. The van der Waals surface area contributed by atoms with Gasteiger partial charge in [-0.3, -0.25) is 14.2 Å². The summed E-state index contributed by atoms with van der Waals surface area (Å²) in [6.45, 7) is 3.57. The van der Waals surface area contributed by atoms with Gasteiger partial charge in [0.25, 0.3) is 11.1 Å². The highest BCUT2D eigenvalue weighted by molar-refractivity contribution is 7.99. The lowest BCUT2D eigenvalue weighted by Crippen LogP contribution is -2.40. The number of benzene rings is 2. The fraction of sp³-hybridized carbons (Fsp3) is 0.156. The zero-order valence-electron chi connectivity index (χ0n) is 24.2. The van der Waals surface area contributed by atoms with Crippen LogP contribution in [0, 0.1) is 6.92 Å². The number of aromatic amines is 1. The van der Waals surface area contributed by atoms with Crippen LogP contribution in [0.25, 0.3) is 11.8 Å². The van der Waals surface area contributed by atoms with Gasteiger partial charge in [-0.05, 0) is 55.9 Å². The number of fused-ring (bicyclic) bond motifs is 1. The number of esters is 1. The summed E-state index contributed by atoms with van der Waals surface area (Å²) in [4.78, 5) is 51.9. The Balaban J connectivity index is 1.54. The molecule has 0 fully saturated rings. The van der Waals surface area contributed by atoms with Crippen LogP contribution in [0.1, 0.15) is 35.5 Å². The highest BCUT2D eigenvalue weighted by atomic mass is 35.5. The van der Waals surface area contributed by atoms with E-state index in [1.54, 1.807) is 50.3 Å². The van der Waals surface area contributed by atoms with Gasteiger partial charge in [-0.2, -0.15) is 0 Å². The lowest BCUT2D eigenvalue weighted by Gasteiger charge is -2.27. The van der Waals surface area contributed by atoms with Gasteiger partial charge < -0.3 is 18.9 Å². The second kappa shape index (κ2) is 12.8. The maximum absolute atomic E-state index is 14.2. The van der Waals surface area contributed by atoms with Gasteiger partial charge in [0.2, 0.25) is 0 Å². The van der Waals surface area contributed by atoms with Crippen molar-refractivity contribution in [2.45, 2.75) is 30.1 Å². The molecule has 1 aliphatic rings. The quantitative estimate of drug-likeness (QED) is 0.187. The number of aryl methyl sites for hydroxylation is 1. The SMILES string of the molecule is CCOC(=O)C1=C(c2ccccc2)N=c2s/c(=C\c3ccc(Sc4nc(C)cc(=O)[nH]4)o3)c(=O)n2[C@H]1c1cc(Cl)ccc1OC. The van der Waals surface area contributed by atoms with Crippen molar-refractivity contribution in [2.24, 2.45) is 4.99 Å². The minimum atomic E-state index is -0.960. The summed E-state index contributed by atoms with van der Waals surface area (Å²) in [5, 5.41) is 1.26. The molecule has 6 rings (SSSR count). The van der Waals surface area contributed by atoms with Gasteiger partial charge in [-0.25, -0.2) is 14.8 Å². The fourth-order valence-electron chi connectivity index (χ4n) is 4.94. The third-order valence-corrected chi connectivity index (χ3v) is 8.81. The molecular formula is C32H25ClN4O6S2. The van der Waals surface area contributed by atoms with E-state index in [1.165, 1.54) is 17.7 Å². The Morgan fingerprint density at radius 1 is 1.16 bits per heavy atom. The Morgan fingerprint density at radius 3 is 2.69 bits per heavy atom. The summed E-state index contributed by atoms with van der Waals surface area (Å²) in [5.41, 5.74) is 1.66. The molecule has 5 aromatic rings. The van der Waals surface area contributed by atoms with Crippen LogP contribution in [0.15, 0.2) is 102 Å². The second-order valence-electron chi connectivity index (χ2n) is 9.77. The number of nitrogens with one attached hydrogen (secondary N) is 1. The third-order valence-electron chi connectivity index (χ3n) is 6.78. The average Bonchev–Trinajstić information content (AvgIpc) is 3.59. The van der Waals surface area contributed by atoms with E-state index in [-0.39, 0.29) is 17.7 Å². The Bertz CT molecular complexity index is 2200. The van der Waals surface area contributed by atoms with Crippen LogP contribution in [0.5, 0.6) is 5.75 Å². The monoisotopic (exact) mass is 660 g/mol. The Hall–Kier alpha value is -4.65. The van der Waals surface area contributed by atoms with Crippen LogP contribution in [0.2, 0.25) is 5.02 Å². The Labute approximate surface area is 269 Å². The predicted molar refractivity (Wildman–Crippen MR) is 171 cm³/mol. The van der Waals surface area contributed by atoms with Crippen LogP contribution < -0.4 is 25.2 Å². The summed E-state index contributed by atoms with van der Waals surface area (Å²) in [7, 11) is 1.51. The number of hydrogen-bond acceptors (Lipinski definition) is 10. The predicted octanol–water partition coefficient (Wildman–Crippen LogP) is 4.73. The first-order valence-corrected chi connectivity index (χ1v) is 15.7. The van der Waals surface area contributed by atoms with Crippen molar-refractivity contribution < 1.29 is 18.7 Å². The number of thiazole rings is 1. The molecule has 45 heavy (non-hydrogen) atoms. The number of carbonyl (C=O) groups excluding carboxylic acids is 1. The van der Waals surface area contributed by atoms with Crippen molar-refractivity contribution in [1.82, 2.24) is 14.5 Å². The maximum Gasteiger partial charge on any atom is 0.338 e. The lowest BCUT2D eigenvalue weighted by atomic mass is 9.92. The largest absolute Gasteiger partial charge is 0.496 e. The van der Waals surface area contributed by atoms with Crippen molar-refractivity contribution in [3.63, 3.8) is 0 Å². The van der Waals surface area contributed by atoms with Crippen LogP contribution in [0.4, 0.5) is 0 Å². The molecule has 13 heteroatoms. The molecule has 1 aliphatic heterocycles. The molecule has 3 aromatic heterocycles. The van der Waals surface area contributed by atoms with E-state index in [0.717, 1.165) is 23.1 Å². The Kier molecular flexibility index (Phi) is 8.61. The lowest BCUT2D eigenvalue weighted by molar-refractivity contribution is -0.138. The van der Waals surface area contributed by atoms with Gasteiger partial charge in [0.15, 0.2) is 15.1 Å². The molecule has 2 aromatic carbocycles. The van der Waals surface area contributed by atoms with Crippen molar-refractivity contribution in [3.05, 3.63) is 130 Å². The van der Waals surface area contributed by atoms with Gasteiger partial charge >= 0.3 is 5.97 Å². The first-order valence-electron chi connectivity index (χ1n) is 13.7. The van der Waals surface area contributed by atoms with Crippen molar-refractivity contribution >= 4 is 52.4 Å². The van der Waals surface area contributed by atoms with Crippen LogP contribution in [-0.2, 0) is 9.53 Å². The summed E-state index contributed by atoms with van der Waals surface area (Å²) >= 11 is 8.76. The summed E-state index contributed by atoms with van der Waals surface area (Å²) < 4.78 is 18.9. The molecule has 0 saturated carbocycles. The molecule has 228 valence electrons. The minimum Gasteiger partial charge on any atom is -0.496 e. The number of H-pyrrole nitrogens is 1. The van der Waals surface area contributed by atoms with E-state index >= 15 is 0 Å². The molecule has 4 heterocycles. The number of aromatic nitrogens is 3. The smallest absolute Gasteiger partial charge is 0.338 e. The highest BCUT2D eigenvalue weighted by Crippen LogP contribution is 2.39. The highest BCUT2D eigenvalue weighted by Gasteiger charge is 2.37. The Morgan fingerprint density at radius 2 is 1.96 bits per heavy atom. The molecule has 0 unspecified atom stereocenters. The van der Waals surface area contributed by atoms with Gasteiger partial charge in [-0.15, -0.1) is 0 Å². The molecule has 0 bridgehead atoms. The molecule has 0 aliphatic carbocycles. The number of furan rings is 1. The van der Waals surface area contributed by atoms with Crippen molar-refractivity contribution in [3.8, 4) is 5.75 Å². The second-order valence-corrected chi connectivity index (χ2v) is 12.2. The summed E-state index contributed by atoms with van der Waals surface area (Å²) in [6, 6.07) is 18.2. The van der Waals surface area contributed by atoms with Gasteiger partial charge in [0.05, 0.1) is 29.5 Å². The topological polar surface area (TPSA) is 129 Å². The number of methoxy groups -OCH3 is 1. The molecule has 1 N–H and O–H groups in total. The van der Waals surface area contributed by atoms with Gasteiger partial charge in [0.1, 0.15) is 17.6 Å². The normalized spacial score (nSPS) is 14.7. The average molecular weight is 661 g/mol.